The van der Waals surface area contributed by atoms with Crippen LogP contribution in [0.1, 0.15) is 43.0 Å². The molecule has 3 aromatic heterocycles. The summed E-state index contributed by atoms with van der Waals surface area (Å²) in [6.45, 7) is 0.451. The Balaban J connectivity index is 1.57. The lowest BCUT2D eigenvalue weighted by molar-refractivity contribution is -0.104. The predicted molar refractivity (Wildman–Crippen MR) is 117 cm³/mol. The number of halogens is 4. The molecule has 34 heavy (non-hydrogen) atoms. The van der Waals surface area contributed by atoms with Crippen molar-refractivity contribution in [3.8, 4) is 0 Å². The second-order valence-electron chi connectivity index (χ2n) is 8.65. The standard InChI is InChI=1S/C23H21F4N5O2/c1-13(14-3-2-4-15(7-14)23(26,27)12-33)29-21-17-11-31(16-9-22(24,25)10-16)20(34)8-18(17)32-19(30-21)5-6-28-32/h2-8,11,13,16,33H,9-10,12H2,1H3,(H,29,30). The predicted octanol–water partition coefficient (Wildman–Crippen LogP) is 4.27. The van der Waals surface area contributed by atoms with E-state index in [1.54, 1.807) is 19.1 Å². The van der Waals surface area contributed by atoms with Gasteiger partial charge in [0.05, 0.1) is 17.1 Å². The zero-order chi connectivity index (χ0) is 24.3. The number of benzene rings is 1. The average molecular weight is 475 g/mol. The van der Waals surface area contributed by atoms with Crippen LogP contribution in [0.4, 0.5) is 23.4 Å². The monoisotopic (exact) mass is 475 g/mol. The number of hydrogen-bond donors (Lipinski definition) is 2. The Morgan fingerprint density at radius 3 is 2.74 bits per heavy atom. The van der Waals surface area contributed by atoms with Gasteiger partial charge in [-0.3, -0.25) is 4.79 Å². The molecule has 1 atom stereocenters. The van der Waals surface area contributed by atoms with Gasteiger partial charge in [-0.25, -0.2) is 18.3 Å². The molecule has 7 nitrogen and oxygen atoms in total. The minimum Gasteiger partial charge on any atom is -0.390 e. The van der Waals surface area contributed by atoms with Crippen LogP contribution in [0, 0.1) is 0 Å². The van der Waals surface area contributed by atoms with E-state index in [0.717, 1.165) is 0 Å². The fourth-order valence-electron chi connectivity index (χ4n) is 4.27. The number of nitrogens with zero attached hydrogens (tertiary/aromatic N) is 4. The second kappa shape index (κ2) is 7.79. The molecule has 1 aliphatic carbocycles. The molecule has 178 valence electrons. The maximum absolute atomic E-state index is 14.0. The number of nitrogens with one attached hydrogen (secondary N) is 1. The van der Waals surface area contributed by atoms with Crippen LogP contribution in [0.2, 0.25) is 0 Å². The number of pyridine rings is 1. The Morgan fingerprint density at radius 2 is 2.03 bits per heavy atom. The average Bonchev–Trinajstić information content (AvgIpc) is 3.26. The molecule has 1 aromatic carbocycles. The summed E-state index contributed by atoms with van der Waals surface area (Å²) in [4.78, 5) is 17.3. The van der Waals surface area contributed by atoms with Crippen molar-refractivity contribution in [3.05, 3.63) is 70.3 Å². The third kappa shape index (κ3) is 3.79. The van der Waals surface area contributed by atoms with Crippen LogP contribution in [0.3, 0.4) is 0 Å². The topological polar surface area (TPSA) is 84.5 Å². The summed E-state index contributed by atoms with van der Waals surface area (Å²) < 4.78 is 57.6. The highest BCUT2D eigenvalue weighted by Gasteiger charge is 2.46. The van der Waals surface area contributed by atoms with Crippen LogP contribution in [-0.2, 0) is 5.92 Å². The first-order valence-corrected chi connectivity index (χ1v) is 10.7. The van der Waals surface area contributed by atoms with E-state index in [1.165, 1.54) is 45.7 Å². The maximum Gasteiger partial charge on any atom is 0.295 e. The van der Waals surface area contributed by atoms with Crippen molar-refractivity contribution < 1.29 is 22.7 Å². The summed E-state index contributed by atoms with van der Waals surface area (Å²) in [5.41, 5.74) is 0.687. The van der Waals surface area contributed by atoms with Gasteiger partial charge in [0.25, 0.3) is 17.4 Å². The lowest BCUT2D eigenvalue weighted by Crippen LogP contribution is -2.40. The molecule has 5 rings (SSSR count). The maximum atomic E-state index is 14.0. The lowest BCUT2D eigenvalue weighted by Gasteiger charge is -2.36. The van der Waals surface area contributed by atoms with Crippen molar-refractivity contribution in [2.24, 2.45) is 0 Å². The molecule has 0 bridgehead atoms. The van der Waals surface area contributed by atoms with Gasteiger partial charge in [-0.15, -0.1) is 0 Å². The van der Waals surface area contributed by atoms with Gasteiger partial charge in [0.2, 0.25) is 0 Å². The third-order valence-electron chi connectivity index (χ3n) is 6.21. The summed E-state index contributed by atoms with van der Waals surface area (Å²) in [5, 5.41) is 16.9. The zero-order valence-corrected chi connectivity index (χ0v) is 18.1. The number of rotatable bonds is 6. The molecule has 0 radical (unpaired) electrons. The van der Waals surface area contributed by atoms with E-state index in [4.69, 9.17) is 5.11 Å². The highest BCUT2D eigenvalue weighted by atomic mass is 19.3. The van der Waals surface area contributed by atoms with Gasteiger partial charge in [0.15, 0.2) is 5.65 Å². The van der Waals surface area contributed by atoms with Crippen molar-refractivity contribution in [3.63, 3.8) is 0 Å². The second-order valence-corrected chi connectivity index (χ2v) is 8.65. The van der Waals surface area contributed by atoms with Crippen LogP contribution >= 0.6 is 0 Å². The van der Waals surface area contributed by atoms with Crippen LogP contribution in [-0.4, -0.2) is 36.8 Å². The van der Waals surface area contributed by atoms with Crippen molar-refractivity contribution in [2.45, 2.75) is 43.7 Å². The van der Waals surface area contributed by atoms with E-state index in [9.17, 15) is 22.4 Å². The Hall–Kier alpha value is -3.47. The fraction of sp³-hybridized carbons (Fsp3) is 0.348. The molecular weight excluding hydrogens is 454 g/mol. The van der Waals surface area contributed by atoms with Gasteiger partial charge >= 0.3 is 0 Å². The van der Waals surface area contributed by atoms with Gasteiger partial charge in [-0.2, -0.15) is 13.9 Å². The molecular formula is C23H21F4N5O2. The molecule has 0 saturated heterocycles. The molecule has 1 aliphatic rings. The first-order chi connectivity index (χ1) is 16.1. The molecule has 0 amide bonds. The number of alkyl halides is 4. The quantitative estimate of drug-likeness (QED) is 0.407. The van der Waals surface area contributed by atoms with E-state index in [-0.39, 0.29) is 5.56 Å². The largest absolute Gasteiger partial charge is 0.390 e. The first-order valence-electron chi connectivity index (χ1n) is 10.7. The van der Waals surface area contributed by atoms with Crippen LogP contribution in [0.15, 0.2) is 53.6 Å². The summed E-state index contributed by atoms with van der Waals surface area (Å²) in [6, 6.07) is 7.58. The molecule has 1 unspecified atom stereocenters. The van der Waals surface area contributed by atoms with Gasteiger partial charge < -0.3 is 15.0 Å². The van der Waals surface area contributed by atoms with Crippen LogP contribution < -0.4 is 10.9 Å². The SMILES string of the molecule is CC(Nc1nc2ccnn2c2cc(=O)n(C3CC(F)(F)C3)cc12)c1cccc(C(F)(F)CO)c1. The van der Waals surface area contributed by atoms with Gasteiger partial charge in [0.1, 0.15) is 12.4 Å². The molecule has 4 aromatic rings. The number of fused-ring (bicyclic) bond motifs is 3. The van der Waals surface area contributed by atoms with E-state index in [0.29, 0.717) is 27.9 Å². The minimum absolute atomic E-state index is 0.315. The van der Waals surface area contributed by atoms with E-state index in [1.807, 2.05) is 0 Å². The van der Waals surface area contributed by atoms with Crippen molar-refractivity contribution >= 4 is 22.4 Å². The number of aliphatic hydroxyl groups is 1. The van der Waals surface area contributed by atoms with E-state index in [2.05, 4.69) is 15.4 Å². The molecule has 1 fully saturated rings. The Bertz CT molecular complexity index is 1440. The van der Waals surface area contributed by atoms with E-state index >= 15 is 0 Å². The van der Waals surface area contributed by atoms with Crippen molar-refractivity contribution in [1.82, 2.24) is 19.2 Å². The Morgan fingerprint density at radius 1 is 1.26 bits per heavy atom. The molecule has 11 heteroatoms. The number of anilines is 1. The Kier molecular flexibility index (Phi) is 5.12. The highest BCUT2D eigenvalue weighted by Crippen LogP contribution is 2.45. The zero-order valence-electron chi connectivity index (χ0n) is 18.1. The minimum atomic E-state index is -3.38. The number of hydrogen-bond acceptors (Lipinski definition) is 5. The smallest absolute Gasteiger partial charge is 0.295 e. The lowest BCUT2D eigenvalue weighted by atomic mass is 9.88. The normalized spacial score (nSPS) is 17.1. The molecule has 1 saturated carbocycles. The van der Waals surface area contributed by atoms with E-state index < -0.39 is 48.9 Å². The van der Waals surface area contributed by atoms with Crippen LogP contribution in [0.25, 0.3) is 16.6 Å². The summed E-state index contributed by atoms with van der Waals surface area (Å²) >= 11 is 0. The molecule has 2 N–H and O–H groups in total. The number of aliphatic hydroxyl groups excluding tert-OH is 1. The van der Waals surface area contributed by atoms with Gasteiger partial charge in [-0.05, 0) is 18.6 Å². The van der Waals surface area contributed by atoms with Gasteiger partial charge in [0, 0.05) is 48.8 Å². The fourth-order valence-corrected chi connectivity index (χ4v) is 4.27. The number of aromatic nitrogens is 4. The van der Waals surface area contributed by atoms with Crippen molar-refractivity contribution in [2.75, 3.05) is 11.9 Å². The summed E-state index contributed by atoms with van der Waals surface area (Å²) in [5.74, 6) is -5.81. The van der Waals surface area contributed by atoms with Gasteiger partial charge in [-0.1, -0.05) is 18.2 Å². The Labute approximate surface area is 190 Å². The molecule has 0 aliphatic heterocycles. The summed E-state index contributed by atoms with van der Waals surface area (Å²) in [6.07, 6.45) is 2.19. The van der Waals surface area contributed by atoms with Crippen LogP contribution in [0.5, 0.6) is 0 Å². The highest BCUT2D eigenvalue weighted by molar-refractivity contribution is 5.90. The molecule has 0 spiro atoms. The summed E-state index contributed by atoms with van der Waals surface area (Å²) in [7, 11) is 0. The first kappa shape index (κ1) is 22.3. The third-order valence-corrected chi connectivity index (χ3v) is 6.21. The van der Waals surface area contributed by atoms with Crippen molar-refractivity contribution in [1.29, 1.82) is 0 Å². The molecule has 3 heterocycles.